The molecule has 0 saturated heterocycles. The Labute approximate surface area is 236 Å². The third-order valence-corrected chi connectivity index (χ3v) is 8.40. The van der Waals surface area contributed by atoms with Crippen LogP contribution in [0.1, 0.15) is 67.7 Å². The summed E-state index contributed by atoms with van der Waals surface area (Å²) in [6, 6.07) is 14.6. The normalized spacial score (nSPS) is 15.3. The average molecular weight is 625 g/mol. The van der Waals surface area contributed by atoms with Crippen molar-refractivity contribution in [2.24, 2.45) is 4.99 Å². The van der Waals surface area contributed by atoms with Crippen LogP contribution in [0.25, 0.3) is 16.8 Å². The molecular weight excluding hydrogens is 595 g/mol. The molecule has 0 amide bonds. The quantitative estimate of drug-likeness (QED) is 0.111. The van der Waals surface area contributed by atoms with Crippen molar-refractivity contribution in [2.75, 3.05) is 4.43 Å². The number of rotatable bonds is 9. The molecule has 2 aliphatic rings. The second kappa shape index (κ2) is 10.3. The molecule has 1 aliphatic carbocycles. The van der Waals surface area contributed by atoms with Gasteiger partial charge in [0.25, 0.3) is 0 Å². The molecule has 3 heterocycles. The van der Waals surface area contributed by atoms with Gasteiger partial charge in [0.2, 0.25) is 0 Å². The van der Waals surface area contributed by atoms with Crippen LogP contribution in [0.3, 0.4) is 0 Å². The van der Waals surface area contributed by atoms with Crippen LogP contribution in [0.5, 0.6) is 0 Å². The van der Waals surface area contributed by atoms with Crippen molar-refractivity contribution in [3.05, 3.63) is 82.7 Å². The maximum atomic E-state index is 6.23. The molecular formula is C29H30ClIN6. The molecule has 1 fully saturated rings. The SMILES string of the molecule is Cc1nnc2n1-c1ccc(-c3cnn(CCCCCCCI)c3)cc1C(c1ccc(Cl)cc1)=NC21CC1. The van der Waals surface area contributed by atoms with E-state index in [1.165, 1.54) is 30.1 Å². The maximum absolute atomic E-state index is 6.23. The second-order valence-corrected chi connectivity index (χ2v) is 11.6. The third-order valence-electron chi connectivity index (χ3n) is 7.39. The Morgan fingerprint density at radius 3 is 2.46 bits per heavy atom. The van der Waals surface area contributed by atoms with Gasteiger partial charge in [-0.05, 0) is 66.9 Å². The minimum atomic E-state index is -0.309. The largest absolute Gasteiger partial charge is 0.280 e. The summed E-state index contributed by atoms with van der Waals surface area (Å²) in [5.74, 6) is 1.82. The fraction of sp³-hybridized carbons (Fsp3) is 0.379. The number of fused-ring (bicyclic) bond motifs is 4. The van der Waals surface area contributed by atoms with Crippen LogP contribution in [0, 0.1) is 6.92 Å². The Kier molecular flexibility index (Phi) is 6.92. The minimum absolute atomic E-state index is 0.309. The van der Waals surface area contributed by atoms with Gasteiger partial charge in [-0.25, -0.2) is 0 Å². The van der Waals surface area contributed by atoms with Gasteiger partial charge in [0.15, 0.2) is 5.82 Å². The predicted octanol–water partition coefficient (Wildman–Crippen LogP) is 7.32. The minimum Gasteiger partial charge on any atom is -0.280 e. The van der Waals surface area contributed by atoms with Crippen LogP contribution < -0.4 is 0 Å². The third kappa shape index (κ3) is 4.88. The van der Waals surface area contributed by atoms with Crippen molar-refractivity contribution < 1.29 is 0 Å². The summed E-state index contributed by atoms with van der Waals surface area (Å²) >= 11 is 8.69. The Morgan fingerprint density at radius 1 is 0.919 bits per heavy atom. The molecule has 37 heavy (non-hydrogen) atoms. The summed E-state index contributed by atoms with van der Waals surface area (Å²) in [5.41, 5.74) is 6.13. The lowest BCUT2D eigenvalue weighted by Gasteiger charge is -2.14. The van der Waals surface area contributed by atoms with Crippen molar-refractivity contribution in [3.63, 3.8) is 0 Å². The second-order valence-electron chi connectivity index (χ2n) is 10.1. The first kappa shape index (κ1) is 24.8. The highest BCUT2D eigenvalue weighted by Gasteiger charge is 2.51. The molecule has 6 rings (SSSR count). The van der Waals surface area contributed by atoms with Crippen LogP contribution in [-0.2, 0) is 12.1 Å². The molecule has 4 aromatic rings. The Morgan fingerprint density at radius 2 is 1.68 bits per heavy atom. The molecule has 2 aromatic carbocycles. The zero-order valence-electron chi connectivity index (χ0n) is 21.0. The molecule has 0 radical (unpaired) electrons. The van der Waals surface area contributed by atoms with Crippen LogP contribution in [0.15, 0.2) is 59.9 Å². The highest BCUT2D eigenvalue weighted by atomic mass is 127. The number of benzene rings is 2. The van der Waals surface area contributed by atoms with Crippen molar-refractivity contribution in [3.8, 4) is 16.8 Å². The van der Waals surface area contributed by atoms with Crippen LogP contribution in [0.4, 0.5) is 0 Å². The molecule has 0 N–H and O–H groups in total. The molecule has 1 aliphatic heterocycles. The highest BCUT2D eigenvalue weighted by molar-refractivity contribution is 14.1. The van der Waals surface area contributed by atoms with Gasteiger partial charge >= 0.3 is 0 Å². The van der Waals surface area contributed by atoms with E-state index in [0.717, 1.165) is 76.1 Å². The van der Waals surface area contributed by atoms with Crippen molar-refractivity contribution in [1.82, 2.24) is 24.5 Å². The standard InChI is InChI=1S/C29H30ClIN6/c1-20-34-35-28-29(13-14-29)33-27(21-7-10-24(30)11-8-21)25-17-22(9-12-26(25)37(20)28)23-18-32-36(19-23)16-6-4-2-3-5-15-31/h7-12,17-19H,2-6,13-16H2,1H3. The van der Waals surface area contributed by atoms with Gasteiger partial charge in [0.05, 0.1) is 17.6 Å². The number of unbranched alkanes of at least 4 members (excludes halogenated alkanes) is 4. The van der Waals surface area contributed by atoms with Gasteiger partial charge in [-0.2, -0.15) is 5.10 Å². The van der Waals surface area contributed by atoms with E-state index in [2.05, 4.69) is 83.7 Å². The summed E-state index contributed by atoms with van der Waals surface area (Å²) in [6.07, 6.45) is 12.5. The number of hydrogen-bond donors (Lipinski definition) is 0. The summed E-state index contributed by atoms with van der Waals surface area (Å²) in [6.45, 7) is 2.97. The van der Waals surface area contributed by atoms with Gasteiger partial charge in [-0.1, -0.05) is 71.7 Å². The van der Waals surface area contributed by atoms with E-state index in [1.807, 2.05) is 25.3 Å². The smallest absolute Gasteiger partial charge is 0.165 e. The van der Waals surface area contributed by atoms with E-state index < -0.39 is 0 Å². The first-order valence-corrected chi connectivity index (χ1v) is 15.0. The molecule has 1 saturated carbocycles. The van der Waals surface area contributed by atoms with E-state index in [9.17, 15) is 0 Å². The predicted molar refractivity (Wildman–Crippen MR) is 157 cm³/mol. The molecule has 2 aromatic heterocycles. The zero-order valence-corrected chi connectivity index (χ0v) is 23.9. The van der Waals surface area contributed by atoms with E-state index >= 15 is 0 Å². The summed E-state index contributed by atoms with van der Waals surface area (Å²) in [4.78, 5) is 5.35. The van der Waals surface area contributed by atoms with Crippen LogP contribution in [0.2, 0.25) is 5.02 Å². The Bertz CT molecular complexity index is 1450. The Hall–Kier alpha value is -2.52. The van der Waals surface area contributed by atoms with Crippen LogP contribution in [-0.4, -0.2) is 34.7 Å². The van der Waals surface area contributed by atoms with E-state index in [1.54, 1.807) is 0 Å². The van der Waals surface area contributed by atoms with Crippen molar-refractivity contribution in [1.29, 1.82) is 0 Å². The average Bonchev–Trinajstić information content (AvgIpc) is 3.38. The van der Waals surface area contributed by atoms with Crippen molar-refractivity contribution in [2.45, 2.75) is 64.0 Å². The van der Waals surface area contributed by atoms with Gasteiger partial charge in [-0.3, -0.25) is 14.2 Å². The molecule has 1 spiro atoms. The molecule has 8 heteroatoms. The molecule has 6 nitrogen and oxygen atoms in total. The molecule has 0 atom stereocenters. The zero-order chi connectivity index (χ0) is 25.4. The molecule has 0 unspecified atom stereocenters. The lowest BCUT2D eigenvalue weighted by atomic mass is 9.96. The monoisotopic (exact) mass is 624 g/mol. The molecule has 190 valence electrons. The van der Waals surface area contributed by atoms with Gasteiger partial charge in [-0.15, -0.1) is 10.2 Å². The summed E-state index contributed by atoms with van der Waals surface area (Å²) < 4.78 is 5.53. The lowest BCUT2D eigenvalue weighted by molar-refractivity contribution is 0.534. The van der Waals surface area contributed by atoms with Gasteiger partial charge in [0.1, 0.15) is 11.4 Å². The summed E-state index contributed by atoms with van der Waals surface area (Å²) in [7, 11) is 0. The van der Waals surface area contributed by atoms with E-state index in [-0.39, 0.29) is 5.54 Å². The van der Waals surface area contributed by atoms with E-state index in [4.69, 9.17) is 16.6 Å². The number of halogens is 2. The van der Waals surface area contributed by atoms with Crippen molar-refractivity contribution >= 4 is 39.9 Å². The van der Waals surface area contributed by atoms with Gasteiger partial charge < -0.3 is 0 Å². The number of hydrogen-bond acceptors (Lipinski definition) is 4. The topological polar surface area (TPSA) is 60.9 Å². The number of aliphatic imine (C=N–C) groups is 1. The fourth-order valence-corrected chi connectivity index (χ4v) is 5.86. The Balaban J connectivity index is 1.36. The number of alkyl halides is 1. The molecule has 0 bridgehead atoms. The fourth-order valence-electron chi connectivity index (χ4n) is 5.19. The van der Waals surface area contributed by atoms with Gasteiger partial charge in [0, 0.05) is 34.5 Å². The lowest BCUT2D eigenvalue weighted by Crippen LogP contribution is -2.11. The number of aryl methyl sites for hydroxylation is 2. The van der Waals surface area contributed by atoms with Crippen LogP contribution >= 0.6 is 34.2 Å². The highest BCUT2D eigenvalue weighted by Crippen LogP contribution is 2.51. The number of aromatic nitrogens is 5. The number of nitrogens with zero attached hydrogens (tertiary/aromatic N) is 6. The maximum Gasteiger partial charge on any atom is 0.165 e. The first-order chi connectivity index (χ1) is 18.1. The van der Waals surface area contributed by atoms with E-state index in [0.29, 0.717) is 0 Å². The first-order valence-electron chi connectivity index (χ1n) is 13.1. The summed E-state index contributed by atoms with van der Waals surface area (Å²) in [5, 5.41) is 14.4.